The van der Waals surface area contributed by atoms with Crippen LogP contribution in [0.3, 0.4) is 0 Å². The van der Waals surface area contributed by atoms with Gasteiger partial charge in [-0.2, -0.15) is 4.99 Å². The summed E-state index contributed by atoms with van der Waals surface area (Å²) in [6, 6.07) is 6.92. The Balaban J connectivity index is 1.46. The van der Waals surface area contributed by atoms with Crippen LogP contribution >= 0.6 is 75.9 Å². The van der Waals surface area contributed by atoms with Crippen LogP contribution in [0.5, 0.6) is 11.5 Å². The lowest BCUT2D eigenvalue weighted by Crippen LogP contribution is -2.21. The number of esters is 1. The van der Waals surface area contributed by atoms with Crippen molar-refractivity contribution < 1.29 is 24.5 Å². The van der Waals surface area contributed by atoms with Crippen molar-refractivity contribution in [3.8, 4) is 11.5 Å². The van der Waals surface area contributed by atoms with E-state index in [1.165, 1.54) is 70.6 Å². The number of aliphatic imine (C=N–C) groups is 1. The summed E-state index contributed by atoms with van der Waals surface area (Å²) in [7, 11) is 0. The molecule has 11 heteroatoms. The standard InChI is InChI=1S/C37H41Br4NO5S/c1-2-3-4-5-6-7-8-9-10-11-12-13-14-15-18-46-37(45)25-19-23(42-22-48)16-17-24(25)30-26-20-28(38)33(43)31(40)35(26)47-36-27(30)21-29(39)34(44)32(36)41/h16-17,19-21,33,43-44H,2-15,18H2,1H3. The number of fused-ring (bicyclic) bond motifs is 2. The van der Waals surface area contributed by atoms with Gasteiger partial charge >= 0.3 is 5.97 Å². The molecular formula is C37H41Br4NO5S. The molecule has 0 fully saturated rings. The number of nitrogens with zero attached hydrogens (tertiary/aromatic N) is 1. The molecule has 48 heavy (non-hydrogen) atoms. The van der Waals surface area contributed by atoms with Crippen LogP contribution in [0.4, 0.5) is 5.69 Å². The average Bonchev–Trinajstić information content (AvgIpc) is 3.07. The normalized spacial score (nSPS) is 15.4. The SMILES string of the molecule is CCCCCCCCCCCCCCCCOC(=O)c1cc(N=C=S)ccc1C1=C2C=C(Br)C(O)C(Br)=C2Oc2c1cc(Br)c(O)c2Br. The summed E-state index contributed by atoms with van der Waals surface area (Å²) in [5.74, 6) is 0.170. The summed E-state index contributed by atoms with van der Waals surface area (Å²) in [5, 5.41) is 23.8. The van der Waals surface area contributed by atoms with E-state index in [1.807, 2.05) is 0 Å². The first-order valence-corrected chi connectivity index (χ1v) is 20.3. The monoisotopic (exact) mass is 927 g/mol. The van der Waals surface area contributed by atoms with Crippen LogP contribution in [0.2, 0.25) is 0 Å². The number of carbonyl (C=O) groups is 1. The van der Waals surface area contributed by atoms with Crippen LogP contribution in [0.15, 0.2) is 64.6 Å². The fourth-order valence-electron chi connectivity index (χ4n) is 5.94. The third kappa shape index (κ3) is 10.0. The predicted molar refractivity (Wildman–Crippen MR) is 211 cm³/mol. The van der Waals surface area contributed by atoms with E-state index in [1.54, 1.807) is 30.3 Å². The van der Waals surface area contributed by atoms with Gasteiger partial charge in [0, 0.05) is 21.2 Å². The molecule has 1 heterocycles. The van der Waals surface area contributed by atoms with Crippen molar-refractivity contribution >= 4 is 98.3 Å². The summed E-state index contributed by atoms with van der Waals surface area (Å²) in [4.78, 5) is 17.8. The van der Waals surface area contributed by atoms with Gasteiger partial charge in [-0.3, -0.25) is 0 Å². The van der Waals surface area contributed by atoms with Crippen molar-refractivity contribution in [2.24, 2.45) is 4.99 Å². The Morgan fingerprint density at radius 3 is 2.12 bits per heavy atom. The molecule has 1 atom stereocenters. The molecule has 258 valence electrons. The molecule has 2 aliphatic rings. The zero-order valence-corrected chi connectivity index (χ0v) is 34.2. The van der Waals surface area contributed by atoms with Crippen LogP contribution in [0, 0.1) is 0 Å². The fraction of sp³-hybridized carbons (Fsp3) is 0.459. The Morgan fingerprint density at radius 2 is 1.52 bits per heavy atom. The number of benzene rings is 2. The highest BCUT2D eigenvalue weighted by Crippen LogP contribution is 2.53. The highest BCUT2D eigenvalue weighted by molar-refractivity contribution is 9.12. The van der Waals surface area contributed by atoms with Crippen LogP contribution < -0.4 is 4.74 Å². The number of aliphatic hydroxyl groups excluding tert-OH is 1. The number of aliphatic hydroxyl groups is 1. The number of phenolic OH excluding ortho intramolecular Hbond substituents is 1. The first-order chi connectivity index (χ1) is 23.2. The van der Waals surface area contributed by atoms with Crippen molar-refractivity contribution in [2.75, 3.05) is 6.61 Å². The molecule has 1 aliphatic heterocycles. The minimum absolute atomic E-state index is 0.0418. The Hall–Kier alpha value is -1.59. The van der Waals surface area contributed by atoms with Crippen molar-refractivity contribution in [1.29, 1.82) is 0 Å². The van der Waals surface area contributed by atoms with E-state index in [-0.39, 0.29) is 5.75 Å². The summed E-state index contributed by atoms with van der Waals surface area (Å²) in [6.45, 7) is 2.57. The zero-order chi connectivity index (χ0) is 34.6. The van der Waals surface area contributed by atoms with Gasteiger partial charge in [-0.1, -0.05) is 112 Å². The number of thiocarbonyl (C=S) groups is 1. The molecule has 2 aromatic rings. The van der Waals surface area contributed by atoms with E-state index in [4.69, 9.17) is 21.7 Å². The maximum absolute atomic E-state index is 13.7. The molecule has 0 saturated heterocycles. The van der Waals surface area contributed by atoms with E-state index in [9.17, 15) is 15.0 Å². The number of carbonyl (C=O) groups excluding carboxylic acids is 1. The topological polar surface area (TPSA) is 88.4 Å². The predicted octanol–water partition coefficient (Wildman–Crippen LogP) is 12.7. The van der Waals surface area contributed by atoms with Crippen LogP contribution in [0.25, 0.3) is 5.57 Å². The number of allylic oxidation sites excluding steroid dienone is 1. The third-order valence-corrected chi connectivity index (χ3v) is 11.4. The number of aromatic hydroxyl groups is 1. The quantitative estimate of drug-likeness (QED) is 0.0670. The van der Waals surface area contributed by atoms with E-state index in [0.29, 0.717) is 69.5 Å². The largest absolute Gasteiger partial charge is 0.505 e. The average molecular weight is 931 g/mol. The van der Waals surface area contributed by atoms with Crippen molar-refractivity contribution in [2.45, 2.75) is 103 Å². The molecule has 0 saturated carbocycles. The number of hydrogen-bond acceptors (Lipinski definition) is 7. The van der Waals surface area contributed by atoms with Gasteiger partial charge in [0.1, 0.15) is 22.1 Å². The molecule has 2 N–H and O–H groups in total. The maximum Gasteiger partial charge on any atom is 0.338 e. The fourth-order valence-corrected chi connectivity index (χ4v) is 8.55. The molecular weight excluding hydrogens is 890 g/mol. The van der Waals surface area contributed by atoms with Gasteiger partial charge in [0.05, 0.1) is 32.0 Å². The smallest absolute Gasteiger partial charge is 0.338 e. The first kappa shape index (κ1) is 39.2. The molecule has 6 nitrogen and oxygen atoms in total. The molecule has 0 radical (unpaired) electrons. The van der Waals surface area contributed by atoms with E-state index in [2.05, 4.69) is 80.8 Å². The maximum atomic E-state index is 13.7. The molecule has 1 aliphatic carbocycles. The first-order valence-electron chi connectivity index (χ1n) is 16.7. The number of isothiocyanates is 1. The summed E-state index contributed by atoms with van der Waals surface area (Å²) in [6.07, 6.45) is 18.3. The second kappa shape index (κ2) is 19.7. The minimum atomic E-state index is -0.983. The van der Waals surface area contributed by atoms with Gasteiger partial charge in [-0.15, -0.1) is 0 Å². The van der Waals surface area contributed by atoms with Crippen LogP contribution in [-0.2, 0) is 4.74 Å². The number of halogens is 4. The molecule has 1 unspecified atom stereocenters. The molecule has 2 aromatic carbocycles. The Labute approximate surface area is 322 Å². The number of unbranched alkanes of at least 4 members (excludes halogenated alkanes) is 13. The van der Waals surface area contributed by atoms with Crippen molar-refractivity contribution in [1.82, 2.24) is 0 Å². The molecule has 0 bridgehead atoms. The number of hydrogen-bond donors (Lipinski definition) is 2. The number of phenols is 1. The van der Waals surface area contributed by atoms with E-state index >= 15 is 0 Å². The lowest BCUT2D eigenvalue weighted by molar-refractivity contribution is 0.0497. The highest BCUT2D eigenvalue weighted by Gasteiger charge is 2.36. The molecule has 0 spiro atoms. The van der Waals surface area contributed by atoms with Crippen molar-refractivity contribution in [3.05, 3.63) is 76.3 Å². The lowest BCUT2D eigenvalue weighted by Gasteiger charge is -2.31. The van der Waals surface area contributed by atoms with Gasteiger partial charge < -0.3 is 19.7 Å². The third-order valence-electron chi connectivity index (χ3n) is 8.54. The van der Waals surface area contributed by atoms with Crippen LogP contribution in [-0.4, -0.2) is 34.1 Å². The second-order valence-electron chi connectivity index (χ2n) is 12.1. The minimum Gasteiger partial charge on any atom is -0.505 e. The number of rotatable bonds is 18. The van der Waals surface area contributed by atoms with E-state index in [0.717, 1.165) is 19.3 Å². The summed E-state index contributed by atoms with van der Waals surface area (Å²) >= 11 is 18.7. The van der Waals surface area contributed by atoms with Gasteiger partial charge in [-0.25, -0.2) is 4.79 Å². The van der Waals surface area contributed by atoms with Gasteiger partial charge in [-0.05, 0) is 96.3 Å². The summed E-state index contributed by atoms with van der Waals surface area (Å²) in [5.41, 5.74) is 3.23. The number of ether oxygens (including phenoxy) is 2. The van der Waals surface area contributed by atoms with Crippen LogP contribution in [0.1, 0.15) is 118 Å². The molecule has 0 amide bonds. The zero-order valence-electron chi connectivity index (χ0n) is 27.1. The van der Waals surface area contributed by atoms with Gasteiger partial charge in [0.25, 0.3) is 0 Å². The second-order valence-corrected chi connectivity index (χ2v) is 15.7. The molecule has 0 aromatic heterocycles. The van der Waals surface area contributed by atoms with Crippen molar-refractivity contribution in [3.63, 3.8) is 0 Å². The van der Waals surface area contributed by atoms with Gasteiger partial charge in [0.15, 0.2) is 5.75 Å². The Bertz CT molecular complexity index is 1630. The lowest BCUT2D eigenvalue weighted by atomic mass is 9.85. The highest BCUT2D eigenvalue weighted by atomic mass is 79.9. The van der Waals surface area contributed by atoms with E-state index < -0.39 is 12.1 Å². The summed E-state index contributed by atoms with van der Waals surface area (Å²) < 4.78 is 13.8. The Morgan fingerprint density at radius 1 is 0.917 bits per heavy atom. The molecule has 4 rings (SSSR count). The van der Waals surface area contributed by atoms with Gasteiger partial charge in [0.2, 0.25) is 0 Å². The Kier molecular flexibility index (Phi) is 16.1.